The van der Waals surface area contributed by atoms with Crippen molar-refractivity contribution in [3.63, 3.8) is 0 Å². The van der Waals surface area contributed by atoms with E-state index in [4.69, 9.17) is 0 Å². The highest BCUT2D eigenvalue weighted by Gasteiger charge is 2.32. The Balaban J connectivity index is 1.89. The SMILES string of the molecule is Cc1ccccc1CSCC(=O)N(Cc1ccccc1C)C(Cc1ccccc1)C(=O)NC(C)(C)C. The molecule has 2 amide bonds. The van der Waals surface area contributed by atoms with Gasteiger partial charge in [0.15, 0.2) is 0 Å². The standard InChI is InChI=1S/C31H38N2O2S/c1-23-13-9-11-17-26(23)20-33(29(34)22-36-21-27-18-12-10-14-24(27)2)28(30(35)32-31(3,4)5)19-25-15-7-6-8-16-25/h6-18,28H,19-22H2,1-5H3,(H,32,35). The molecule has 0 fully saturated rings. The van der Waals surface area contributed by atoms with Gasteiger partial charge in [0.05, 0.1) is 5.75 Å². The third-order valence-corrected chi connectivity index (χ3v) is 7.08. The molecule has 0 radical (unpaired) electrons. The highest BCUT2D eigenvalue weighted by molar-refractivity contribution is 7.99. The van der Waals surface area contributed by atoms with Gasteiger partial charge in [-0.2, -0.15) is 0 Å². The first-order valence-electron chi connectivity index (χ1n) is 12.5. The van der Waals surface area contributed by atoms with Crippen molar-refractivity contribution in [3.8, 4) is 0 Å². The number of rotatable bonds is 10. The molecule has 1 N–H and O–H groups in total. The Kier molecular flexibility index (Phi) is 9.77. The third kappa shape index (κ3) is 8.27. The number of hydrogen-bond donors (Lipinski definition) is 1. The second kappa shape index (κ2) is 12.8. The smallest absolute Gasteiger partial charge is 0.243 e. The first-order valence-corrected chi connectivity index (χ1v) is 13.6. The number of hydrogen-bond acceptors (Lipinski definition) is 3. The molecule has 5 heteroatoms. The van der Waals surface area contributed by atoms with Gasteiger partial charge in [0, 0.05) is 24.3 Å². The molecular weight excluding hydrogens is 464 g/mol. The summed E-state index contributed by atoms with van der Waals surface area (Å²) in [7, 11) is 0. The maximum atomic E-state index is 13.8. The minimum Gasteiger partial charge on any atom is -0.350 e. The van der Waals surface area contributed by atoms with Crippen LogP contribution in [-0.4, -0.2) is 34.0 Å². The predicted molar refractivity (Wildman–Crippen MR) is 151 cm³/mol. The van der Waals surface area contributed by atoms with Crippen LogP contribution < -0.4 is 5.32 Å². The van der Waals surface area contributed by atoms with Crippen LogP contribution in [0.2, 0.25) is 0 Å². The fourth-order valence-electron chi connectivity index (χ4n) is 4.08. The van der Waals surface area contributed by atoms with E-state index in [2.05, 4.69) is 24.4 Å². The van der Waals surface area contributed by atoms with Crippen molar-refractivity contribution in [1.29, 1.82) is 0 Å². The molecule has 0 saturated carbocycles. The van der Waals surface area contributed by atoms with Gasteiger partial charge < -0.3 is 10.2 Å². The lowest BCUT2D eigenvalue weighted by Crippen LogP contribution is -2.54. The van der Waals surface area contributed by atoms with Crippen LogP contribution >= 0.6 is 11.8 Å². The van der Waals surface area contributed by atoms with Crippen LogP contribution in [-0.2, 0) is 28.3 Å². The third-order valence-electron chi connectivity index (χ3n) is 6.12. The predicted octanol–water partition coefficient (Wildman–Crippen LogP) is 6.09. The van der Waals surface area contributed by atoms with Gasteiger partial charge >= 0.3 is 0 Å². The summed E-state index contributed by atoms with van der Waals surface area (Å²) in [5.74, 6) is 0.918. The van der Waals surface area contributed by atoms with E-state index < -0.39 is 11.6 Å². The Labute approximate surface area is 220 Å². The fourth-order valence-corrected chi connectivity index (χ4v) is 5.07. The van der Waals surface area contributed by atoms with Gasteiger partial charge in [-0.1, -0.05) is 78.9 Å². The molecule has 0 aromatic heterocycles. The molecule has 0 aliphatic carbocycles. The highest BCUT2D eigenvalue weighted by atomic mass is 32.2. The Morgan fingerprint density at radius 3 is 1.97 bits per heavy atom. The van der Waals surface area contributed by atoms with Gasteiger partial charge in [0.25, 0.3) is 0 Å². The Morgan fingerprint density at radius 2 is 1.39 bits per heavy atom. The zero-order valence-electron chi connectivity index (χ0n) is 22.1. The first kappa shape index (κ1) is 27.5. The molecule has 0 saturated heterocycles. The van der Waals surface area contributed by atoms with Crippen LogP contribution in [0.1, 0.15) is 48.6 Å². The summed E-state index contributed by atoms with van der Waals surface area (Å²) in [6.45, 7) is 10.4. The normalized spacial score (nSPS) is 12.1. The summed E-state index contributed by atoms with van der Waals surface area (Å²) < 4.78 is 0. The second-order valence-corrected chi connectivity index (χ2v) is 11.3. The molecule has 190 valence electrons. The highest BCUT2D eigenvalue weighted by Crippen LogP contribution is 2.21. The molecule has 36 heavy (non-hydrogen) atoms. The second-order valence-electron chi connectivity index (χ2n) is 10.3. The Morgan fingerprint density at radius 1 is 0.833 bits per heavy atom. The van der Waals surface area contributed by atoms with E-state index in [0.29, 0.717) is 18.7 Å². The van der Waals surface area contributed by atoms with Gasteiger partial charge in [0.2, 0.25) is 11.8 Å². The first-order chi connectivity index (χ1) is 17.1. The Bertz CT molecular complexity index is 1150. The van der Waals surface area contributed by atoms with Crippen LogP contribution in [0, 0.1) is 13.8 Å². The van der Waals surface area contributed by atoms with E-state index in [-0.39, 0.29) is 11.8 Å². The number of benzene rings is 3. The van der Waals surface area contributed by atoms with Crippen molar-refractivity contribution in [3.05, 3.63) is 107 Å². The molecule has 0 aliphatic rings. The number of amides is 2. The molecule has 1 unspecified atom stereocenters. The lowest BCUT2D eigenvalue weighted by atomic mass is 10.00. The number of nitrogens with zero attached hydrogens (tertiary/aromatic N) is 1. The van der Waals surface area contributed by atoms with Gasteiger partial charge in [-0.3, -0.25) is 9.59 Å². The minimum atomic E-state index is -0.613. The number of aryl methyl sites for hydroxylation is 2. The van der Waals surface area contributed by atoms with E-state index >= 15 is 0 Å². The molecular formula is C31H38N2O2S. The maximum Gasteiger partial charge on any atom is 0.243 e. The van der Waals surface area contributed by atoms with E-state index in [1.54, 1.807) is 16.7 Å². The van der Waals surface area contributed by atoms with Crippen molar-refractivity contribution in [2.75, 3.05) is 5.75 Å². The molecule has 3 aromatic rings. The lowest BCUT2D eigenvalue weighted by molar-refractivity contribution is -0.140. The van der Waals surface area contributed by atoms with Crippen molar-refractivity contribution in [2.45, 2.75) is 64.9 Å². The van der Waals surface area contributed by atoms with Crippen LogP contribution in [0.5, 0.6) is 0 Å². The summed E-state index contributed by atoms with van der Waals surface area (Å²) in [6.07, 6.45) is 0.461. The Hall–Kier alpha value is -3.05. The molecule has 0 heterocycles. The van der Waals surface area contributed by atoms with Gasteiger partial charge in [-0.15, -0.1) is 11.8 Å². The molecule has 0 spiro atoms. The van der Waals surface area contributed by atoms with E-state index in [9.17, 15) is 9.59 Å². The van der Waals surface area contributed by atoms with Crippen LogP contribution in [0.25, 0.3) is 0 Å². The number of carbonyl (C=O) groups excluding carboxylic acids is 2. The lowest BCUT2D eigenvalue weighted by Gasteiger charge is -2.34. The van der Waals surface area contributed by atoms with Crippen LogP contribution in [0.4, 0.5) is 0 Å². The topological polar surface area (TPSA) is 49.4 Å². The van der Waals surface area contributed by atoms with Crippen molar-refractivity contribution < 1.29 is 9.59 Å². The van der Waals surface area contributed by atoms with Gasteiger partial charge in [-0.25, -0.2) is 0 Å². The average Bonchev–Trinajstić information content (AvgIpc) is 2.83. The fraction of sp³-hybridized carbons (Fsp3) is 0.355. The number of thioether (sulfide) groups is 1. The van der Waals surface area contributed by atoms with Crippen LogP contribution in [0.3, 0.4) is 0 Å². The molecule has 3 rings (SSSR count). The van der Waals surface area contributed by atoms with Crippen molar-refractivity contribution >= 4 is 23.6 Å². The zero-order valence-corrected chi connectivity index (χ0v) is 22.9. The molecule has 3 aromatic carbocycles. The quantitative estimate of drug-likeness (QED) is 0.365. The van der Waals surface area contributed by atoms with Crippen molar-refractivity contribution in [2.24, 2.45) is 0 Å². The molecule has 1 atom stereocenters. The van der Waals surface area contributed by atoms with Crippen LogP contribution in [0.15, 0.2) is 78.9 Å². The number of nitrogens with one attached hydrogen (secondary N) is 1. The largest absolute Gasteiger partial charge is 0.350 e. The van der Waals surface area contributed by atoms with Crippen molar-refractivity contribution in [1.82, 2.24) is 10.2 Å². The van der Waals surface area contributed by atoms with E-state index in [1.165, 1.54) is 11.1 Å². The number of carbonyl (C=O) groups is 2. The molecule has 0 aliphatic heterocycles. The summed E-state index contributed by atoms with van der Waals surface area (Å²) in [4.78, 5) is 29.2. The molecule has 0 bridgehead atoms. The van der Waals surface area contributed by atoms with E-state index in [1.807, 2.05) is 94.4 Å². The summed E-state index contributed by atoms with van der Waals surface area (Å²) in [6, 6.07) is 25.6. The van der Waals surface area contributed by atoms with Gasteiger partial charge in [0.1, 0.15) is 6.04 Å². The summed E-state index contributed by atoms with van der Waals surface area (Å²) in [5, 5.41) is 3.13. The minimum absolute atomic E-state index is 0.0261. The maximum absolute atomic E-state index is 13.8. The van der Waals surface area contributed by atoms with E-state index in [0.717, 1.165) is 22.4 Å². The summed E-state index contributed by atoms with van der Waals surface area (Å²) in [5.41, 5.74) is 5.24. The summed E-state index contributed by atoms with van der Waals surface area (Å²) >= 11 is 1.60. The monoisotopic (exact) mass is 502 g/mol. The zero-order chi connectivity index (χ0) is 26.1. The molecule has 4 nitrogen and oxygen atoms in total. The van der Waals surface area contributed by atoms with Gasteiger partial charge in [-0.05, 0) is 62.4 Å². The average molecular weight is 503 g/mol.